The molecule has 0 spiro atoms. The Labute approximate surface area is 112 Å². The molecule has 0 aliphatic carbocycles. The minimum Gasteiger partial charge on any atom is -0.389 e. The van der Waals surface area contributed by atoms with Crippen molar-refractivity contribution in [3.63, 3.8) is 0 Å². The maximum Gasteiger partial charge on any atom is 0.135 e. The molecular formula is C13H19FN2OS. The number of rotatable bonds is 5. The van der Waals surface area contributed by atoms with Crippen molar-refractivity contribution >= 4 is 22.9 Å². The first-order valence-electron chi connectivity index (χ1n) is 5.82. The summed E-state index contributed by atoms with van der Waals surface area (Å²) in [6, 6.07) is 4.70. The average molecular weight is 270 g/mol. The van der Waals surface area contributed by atoms with Gasteiger partial charge in [-0.3, -0.25) is 0 Å². The zero-order chi connectivity index (χ0) is 13.9. The average Bonchev–Trinajstić information content (AvgIpc) is 2.23. The lowest BCUT2D eigenvalue weighted by Crippen LogP contribution is -2.39. The lowest BCUT2D eigenvalue weighted by Gasteiger charge is -2.31. The first-order valence-corrected chi connectivity index (χ1v) is 6.22. The Kier molecular flexibility index (Phi) is 4.65. The van der Waals surface area contributed by atoms with Crippen molar-refractivity contribution in [1.29, 1.82) is 0 Å². The smallest absolute Gasteiger partial charge is 0.135 e. The summed E-state index contributed by atoms with van der Waals surface area (Å²) in [5.74, 6) is -0.436. The summed E-state index contributed by atoms with van der Waals surface area (Å²) >= 11 is 4.89. The van der Waals surface area contributed by atoms with E-state index in [1.165, 1.54) is 6.07 Å². The van der Waals surface area contributed by atoms with Crippen LogP contribution in [-0.4, -0.2) is 28.8 Å². The fourth-order valence-corrected chi connectivity index (χ4v) is 2.06. The zero-order valence-corrected chi connectivity index (χ0v) is 11.7. The number of thiocarbonyl (C=S) groups is 1. The van der Waals surface area contributed by atoms with Crippen LogP contribution in [0.25, 0.3) is 0 Å². The molecule has 5 heteroatoms. The third kappa shape index (κ3) is 3.65. The van der Waals surface area contributed by atoms with Crippen molar-refractivity contribution in [3.8, 4) is 0 Å². The van der Waals surface area contributed by atoms with E-state index in [0.717, 1.165) is 0 Å². The molecule has 0 fully saturated rings. The van der Waals surface area contributed by atoms with Gasteiger partial charge in [0, 0.05) is 18.8 Å². The van der Waals surface area contributed by atoms with E-state index in [4.69, 9.17) is 18.0 Å². The van der Waals surface area contributed by atoms with E-state index in [0.29, 0.717) is 18.8 Å². The first kappa shape index (κ1) is 14.9. The molecule has 3 nitrogen and oxygen atoms in total. The second-order valence-electron chi connectivity index (χ2n) is 4.82. The Bertz CT molecular complexity index is 443. The van der Waals surface area contributed by atoms with Crippen molar-refractivity contribution < 1.29 is 9.50 Å². The largest absolute Gasteiger partial charge is 0.389 e. The predicted molar refractivity (Wildman–Crippen MR) is 76.5 cm³/mol. The molecule has 3 N–H and O–H groups in total. The second kappa shape index (κ2) is 5.63. The Morgan fingerprint density at radius 2 is 2.11 bits per heavy atom. The third-order valence-corrected chi connectivity index (χ3v) is 2.74. The fourth-order valence-electron chi connectivity index (χ4n) is 1.85. The van der Waals surface area contributed by atoms with E-state index < -0.39 is 11.4 Å². The van der Waals surface area contributed by atoms with E-state index in [1.807, 2.05) is 11.8 Å². The number of halogens is 1. The standard InChI is InChI=1S/C13H19FN2OS/c1-4-16(8-13(2,3)17)10-7-5-6-9(14)11(10)12(15)18/h5-7,17H,4,8H2,1-3H3,(H2,15,18). The molecule has 100 valence electrons. The Morgan fingerprint density at radius 3 is 2.56 bits per heavy atom. The van der Waals surface area contributed by atoms with E-state index in [2.05, 4.69) is 0 Å². The normalized spacial score (nSPS) is 11.4. The number of hydrogen-bond acceptors (Lipinski definition) is 3. The summed E-state index contributed by atoms with van der Waals surface area (Å²) in [4.78, 5) is 1.88. The number of benzene rings is 1. The fraction of sp³-hybridized carbons (Fsp3) is 0.462. The van der Waals surface area contributed by atoms with Gasteiger partial charge in [-0.1, -0.05) is 18.3 Å². The molecule has 0 heterocycles. The SMILES string of the molecule is CCN(CC(C)(C)O)c1cccc(F)c1C(N)=S. The van der Waals surface area contributed by atoms with Gasteiger partial charge in [0.05, 0.1) is 11.2 Å². The highest BCUT2D eigenvalue weighted by molar-refractivity contribution is 7.80. The van der Waals surface area contributed by atoms with E-state index in [-0.39, 0.29) is 10.6 Å². The second-order valence-corrected chi connectivity index (χ2v) is 5.26. The summed E-state index contributed by atoms with van der Waals surface area (Å²) in [7, 11) is 0. The number of anilines is 1. The van der Waals surface area contributed by atoms with Crippen molar-refractivity contribution in [2.75, 3.05) is 18.0 Å². The van der Waals surface area contributed by atoms with Gasteiger partial charge in [0.1, 0.15) is 10.8 Å². The van der Waals surface area contributed by atoms with Crippen LogP contribution >= 0.6 is 12.2 Å². The number of nitrogens with two attached hydrogens (primary N) is 1. The molecule has 0 radical (unpaired) electrons. The van der Waals surface area contributed by atoms with Crippen LogP contribution in [0.4, 0.5) is 10.1 Å². The monoisotopic (exact) mass is 270 g/mol. The number of aliphatic hydroxyl groups is 1. The zero-order valence-electron chi connectivity index (χ0n) is 10.9. The molecule has 0 bridgehead atoms. The summed E-state index contributed by atoms with van der Waals surface area (Å²) in [5.41, 5.74) is 5.55. The van der Waals surface area contributed by atoms with Crippen LogP contribution in [0.1, 0.15) is 26.3 Å². The lowest BCUT2D eigenvalue weighted by atomic mass is 10.1. The summed E-state index contributed by atoms with van der Waals surface area (Å²) < 4.78 is 13.8. The predicted octanol–water partition coefficient (Wildman–Crippen LogP) is 2.06. The first-order chi connectivity index (χ1) is 8.26. The molecule has 0 atom stereocenters. The van der Waals surface area contributed by atoms with Crippen LogP contribution in [0.15, 0.2) is 18.2 Å². The highest BCUT2D eigenvalue weighted by atomic mass is 32.1. The Morgan fingerprint density at radius 1 is 1.50 bits per heavy atom. The summed E-state index contributed by atoms with van der Waals surface area (Å²) in [6.07, 6.45) is 0. The van der Waals surface area contributed by atoms with Crippen molar-refractivity contribution in [2.45, 2.75) is 26.4 Å². The molecule has 0 saturated heterocycles. The molecule has 0 unspecified atom stereocenters. The van der Waals surface area contributed by atoms with Gasteiger partial charge >= 0.3 is 0 Å². The van der Waals surface area contributed by atoms with Gasteiger partial charge < -0.3 is 15.7 Å². The number of hydrogen-bond donors (Lipinski definition) is 2. The minimum atomic E-state index is -0.879. The maximum atomic E-state index is 13.8. The Balaban J connectivity index is 3.21. The minimum absolute atomic E-state index is 0.0253. The van der Waals surface area contributed by atoms with Crippen LogP contribution in [0.2, 0.25) is 0 Å². The van der Waals surface area contributed by atoms with Crippen molar-refractivity contribution in [3.05, 3.63) is 29.6 Å². The molecular weight excluding hydrogens is 251 g/mol. The third-order valence-electron chi connectivity index (χ3n) is 2.54. The molecule has 1 aromatic rings. The molecule has 0 aliphatic heterocycles. The molecule has 0 saturated carbocycles. The van der Waals surface area contributed by atoms with Crippen LogP contribution in [0, 0.1) is 5.82 Å². The van der Waals surface area contributed by atoms with Gasteiger partial charge in [0.15, 0.2) is 0 Å². The number of likely N-dealkylation sites (N-methyl/N-ethyl adjacent to an activating group) is 1. The molecule has 0 aromatic heterocycles. The maximum absolute atomic E-state index is 13.8. The van der Waals surface area contributed by atoms with Gasteiger partial charge in [-0.25, -0.2) is 4.39 Å². The molecule has 0 aliphatic rings. The molecule has 0 amide bonds. The van der Waals surface area contributed by atoms with Crippen LogP contribution in [-0.2, 0) is 0 Å². The summed E-state index contributed by atoms with van der Waals surface area (Å²) in [5, 5.41) is 9.88. The molecule has 18 heavy (non-hydrogen) atoms. The van der Waals surface area contributed by atoms with Crippen LogP contribution < -0.4 is 10.6 Å². The van der Waals surface area contributed by atoms with Gasteiger partial charge in [-0.2, -0.15) is 0 Å². The van der Waals surface area contributed by atoms with Gasteiger partial charge in [-0.05, 0) is 32.9 Å². The molecule has 1 aromatic carbocycles. The van der Waals surface area contributed by atoms with Crippen LogP contribution in [0.3, 0.4) is 0 Å². The lowest BCUT2D eigenvalue weighted by molar-refractivity contribution is 0.0875. The Hall–Kier alpha value is -1.20. The van der Waals surface area contributed by atoms with E-state index >= 15 is 0 Å². The van der Waals surface area contributed by atoms with Gasteiger partial charge in [0.25, 0.3) is 0 Å². The topological polar surface area (TPSA) is 49.5 Å². The van der Waals surface area contributed by atoms with Gasteiger partial charge in [-0.15, -0.1) is 0 Å². The van der Waals surface area contributed by atoms with Crippen molar-refractivity contribution in [1.82, 2.24) is 0 Å². The summed E-state index contributed by atoms with van der Waals surface area (Å²) in [6.45, 7) is 6.34. The highest BCUT2D eigenvalue weighted by Gasteiger charge is 2.21. The highest BCUT2D eigenvalue weighted by Crippen LogP contribution is 2.24. The van der Waals surface area contributed by atoms with Gasteiger partial charge in [0.2, 0.25) is 0 Å². The van der Waals surface area contributed by atoms with Crippen molar-refractivity contribution in [2.24, 2.45) is 5.73 Å². The van der Waals surface area contributed by atoms with Crippen LogP contribution in [0.5, 0.6) is 0 Å². The molecule has 1 rings (SSSR count). The van der Waals surface area contributed by atoms with E-state index in [1.54, 1.807) is 26.0 Å². The quantitative estimate of drug-likeness (QED) is 0.804. The number of nitrogens with zero attached hydrogens (tertiary/aromatic N) is 1. The van der Waals surface area contributed by atoms with E-state index in [9.17, 15) is 9.50 Å².